The van der Waals surface area contributed by atoms with Crippen LogP contribution in [0, 0.1) is 0 Å². The molecule has 2 rings (SSSR count). The van der Waals surface area contributed by atoms with E-state index >= 15 is 0 Å². The number of rotatable bonds is 9. The topological polar surface area (TPSA) is 106 Å². The van der Waals surface area contributed by atoms with Crippen LogP contribution >= 0.6 is 35.3 Å². The fraction of sp³-hybridized carbons (Fsp3) is 0.353. The summed E-state index contributed by atoms with van der Waals surface area (Å²) in [5, 5.41) is 4.66. The summed E-state index contributed by atoms with van der Waals surface area (Å²) in [5.41, 5.74) is 6.77. The molecule has 0 amide bonds. The quantitative estimate of drug-likeness (QED) is 0.287. The number of ether oxygens (including phenoxy) is 2. The molecule has 1 aromatic carbocycles. The lowest BCUT2D eigenvalue weighted by molar-refractivity contribution is 0.354. The van der Waals surface area contributed by atoms with Gasteiger partial charge in [0, 0.05) is 20.1 Å². The van der Waals surface area contributed by atoms with Crippen molar-refractivity contribution in [2.24, 2.45) is 10.7 Å². The minimum absolute atomic E-state index is 0. The van der Waals surface area contributed by atoms with Crippen molar-refractivity contribution in [2.45, 2.75) is 10.8 Å². The normalized spacial score (nSPS) is 11.8. The molecule has 0 spiro atoms. The average molecular weight is 540 g/mol. The van der Waals surface area contributed by atoms with Crippen LogP contribution in [0.1, 0.15) is 5.56 Å². The van der Waals surface area contributed by atoms with Gasteiger partial charge in [-0.2, -0.15) is 4.31 Å². The van der Waals surface area contributed by atoms with E-state index in [-0.39, 0.29) is 36.5 Å². The van der Waals surface area contributed by atoms with Crippen LogP contribution in [-0.2, 0) is 16.6 Å². The summed E-state index contributed by atoms with van der Waals surface area (Å²) in [5.74, 6) is 1.51. The first kappa shape index (κ1) is 24.5. The van der Waals surface area contributed by atoms with E-state index in [1.54, 1.807) is 37.8 Å². The van der Waals surface area contributed by atoms with Gasteiger partial charge < -0.3 is 20.5 Å². The lowest BCUT2D eigenvalue weighted by atomic mass is 10.2. The van der Waals surface area contributed by atoms with Crippen LogP contribution in [0.2, 0.25) is 0 Å². The average Bonchev–Trinajstić information content (AvgIpc) is 3.21. The third kappa shape index (κ3) is 6.50. The predicted octanol–water partition coefficient (Wildman–Crippen LogP) is 2.11. The van der Waals surface area contributed by atoms with Gasteiger partial charge in [-0.05, 0) is 29.1 Å². The fourth-order valence-electron chi connectivity index (χ4n) is 2.24. The summed E-state index contributed by atoms with van der Waals surface area (Å²) >= 11 is 1.19. The van der Waals surface area contributed by atoms with E-state index < -0.39 is 10.0 Å². The molecule has 0 aliphatic carbocycles. The molecule has 3 N–H and O–H groups in total. The number of methoxy groups -OCH3 is 2. The van der Waals surface area contributed by atoms with Gasteiger partial charge in [0.15, 0.2) is 17.5 Å². The van der Waals surface area contributed by atoms with Crippen LogP contribution in [0.15, 0.2) is 44.9 Å². The zero-order chi connectivity index (χ0) is 19.9. The minimum Gasteiger partial charge on any atom is -0.493 e. The highest BCUT2D eigenvalue weighted by molar-refractivity contribution is 14.0. The standard InChI is InChI=1S/C17H24N4O4S2.HI/c1-21(27(22,23)16-5-4-10-26-16)9-8-19-17(18)20-12-13-6-7-14(24-2)15(11-13)25-3;/h4-7,10-11H,8-9,12H2,1-3H3,(H3,18,19,20);1H. The second-order valence-electron chi connectivity index (χ2n) is 5.58. The zero-order valence-corrected chi connectivity index (χ0v) is 19.9. The summed E-state index contributed by atoms with van der Waals surface area (Å²) in [6.07, 6.45) is 0. The smallest absolute Gasteiger partial charge is 0.252 e. The number of aliphatic imine (C=N–C) groups is 1. The maximum absolute atomic E-state index is 12.3. The van der Waals surface area contributed by atoms with Gasteiger partial charge in [-0.1, -0.05) is 12.1 Å². The molecule has 0 unspecified atom stereocenters. The fourth-order valence-corrected chi connectivity index (χ4v) is 4.61. The van der Waals surface area contributed by atoms with Gasteiger partial charge in [-0.15, -0.1) is 35.3 Å². The highest BCUT2D eigenvalue weighted by Gasteiger charge is 2.21. The van der Waals surface area contributed by atoms with Gasteiger partial charge in [0.05, 0.1) is 20.8 Å². The number of likely N-dealkylation sites (N-methyl/N-ethyl adjacent to an activating group) is 1. The molecule has 2 aromatic rings. The summed E-state index contributed by atoms with van der Waals surface area (Å²) in [7, 11) is 1.23. The minimum atomic E-state index is -3.46. The van der Waals surface area contributed by atoms with Crippen LogP contribution in [-0.4, -0.2) is 53.0 Å². The molecule has 0 saturated heterocycles. The van der Waals surface area contributed by atoms with Crippen molar-refractivity contribution in [2.75, 3.05) is 34.4 Å². The Labute approximate surface area is 186 Å². The molecule has 0 bridgehead atoms. The molecule has 8 nitrogen and oxygen atoms in total. The van der Waals surface area contributed by atoms with Crippen molar-refractivity contribution < 1.29 is 17.9 Å². The molecule has 28 heavy (non-hydrogen) atoms. The van der Waals surface area contributed by atoms with E-state index in [1.165, 1.54) is 22.7 Å². The van der Waals surface area contributed by atoms with Gasteiger partial charge in [0.2, 0.25) is 0 Å². The van der Waals surface area contributed by atoms with Crippen LogP contribution in [0.25, 0.3) is 0 Å². The molecule has 0 aliphatic heterocycles. The number of hydrogen-bond donors (Lipinski definition) is 2. The van der Waals surface area contributed by atoms with Crippen LogP contribution < -0.4 is 20.5 Å². The second kappa shape index (κ2) is 11.4. The van der Waals surface area contributed by atoms with Gasteiger partial charge in [0.25, 0.3) is 10.0 Å². The number of nitrogens with two attached hydrogens (primary N) is 1. The maximum atomic E-state index is 12.3. The first-order valence-corrected chi connectivity index (χ1v) is 10.4. The van der Waals surface area contributed by atoms with Crippen molar-refractivity contribution in [1.29, 1.82) is 0 Å². The van der Waals surface area contributed by atoms with Gasteiger partial charge in [-0.25, -0.2) is 13.4 Å². The Balaban J connectivity index is 0.00000392. The van der Waals surface area contributed by atoms with Gasteiger partial charge in [0.1, 0.15) is 4.21 Å². The molecular weight excluding hydrogens is 515 g/mol. The number of benzene rings is 1. The molecule has 0 aliphatic rings. The van der Waals surface area contributed by atoms with Crippen LogP contribution in [0.3, 0.4) is 0 Å². The van der Waals surface area contributed by atoms with Gasteiger partial charge in [-0.3, -0.25) is 0 Å². The largest absolute Gasteiger partial charge is 0.493 e. The summed E-state index contributed by atoms with van der Waals surface area (Å²) in [4.78, 5) is 4.26. The van der Waals surface area contributed by atoms with Crippen LogP contribution in [0.4, 0.5) is 0 Å². The van der Waals surface area contributed by atoms with E-state index in [9.17, 15) is 8.42 Å². The van der Waals surface area contributed by atoms with Crippen molar-refractivity contribution >= 4 is 51.3 Å². The number of thiophene rings is 1. The number of halogens is 1. The lowest BCUT2D eigenvalue weighted by Crippen LogP contribution is -2.39. The highest BCUT2D eigenvalue weighted by atomic mass is 127. The van der Waals surface area contributed by atoms with E-state index in [0.717, 1.165) is 5.56 Å². The molecule has 156 valence electrons. The monoisotopic (exact) mass is 540 g/mol. The first-order valence-electron chi connectivity index (χ1n) is 8.13. The zero-order valence-electron chi connectivity index (χ0n) is 15.9. The Morgan fingerprint density at radius 1 is 1.25 bits per heavy atom. The molecule has 1 heterocycles. The van der Waals surface area contributed by atoms with Gasteiger partial charge >= 0.3 is 0 Å². The van der Waals surface area contributed by atoms with Crippen molar-refractivity contribution in [3.8, 4) is 11.5 Å². The Kier molecular flexibility index (Phi) is 9.99. The number of hydrogen-bond acceptors (Lipinski definition) is 6. The van der Waals surface area contributed by atoms with Crippen molar-refractivity contribution in [3.63, 3.8) is 0 Å². The Bertz CT molecular complexity index is 873. The first-order chi connectivity index (χ1) is 12.9. The Hall–Kier alpha value is -1.57. The maximum Gasteiger partial charge on any atom is 0.252 e. The SMILES string of the molecule is COc1ccc(CN=C(N)NCCN(C)S(=O)(=O)c2cccs2)cc1OC.I. The molecule has 1 aromatic heterocycles. The Morgan fingerprint density at radius 3 is 2.57 bits per heavy atom. The summed E-state index contributed by atoms with van der Waals surface area (Å²) in [6, 6.07) is 8.81. The second-order valence-corrected chi connectivity index (χ2v) is 8.80. The third-order valence-corrected chi connectivity index (χ3v) is 7.00. The molecule has 0 fully saturated rings. The molecular formula is C17H25IN4O4S2. The van der Waals surface area contributed by atoms with E-state index in [2.05, 4.69) is 10.3 Å². The molecule has 11 heteroatoms. The van der Waals surface area contributed by atoms with E-state index in [4.69, 9.17) is 15.2 Å². The summed E-state index contributed by atoms with van der Waals surface area (Å²) in [6.45, 7) is 0.984. The number of nitrogens with one attached hydrogen (secondary N) is 1. The highest BCUT2D eigenvalue weighted by Crippen LogP contribution is 2.27. The molecule has 0 saturated carbocycles. The number of guanidine groups is 1. The van der Waals surface area contributed by atoms with Crippen molar-refractivity contribution in [3.05, 3.63) is 41.3 Å². The van der Waals surface area contributed by atoms with E-state index in [1.807, 2.05) is 12.1 Å². The van der Waals surface area contributed by atoms with Crippen molar-refractivity contribution in [1.82, 2.24) is 9.62 Å². The summed E-state index contributed by atoms with van der Waals surface area (Å²) < 4.78 is 36.7. The number of sulfonamides is 1. The lowest BCUT2D eigenvalue weighted by Gasteiger charge is -2.16. The predicted molar refractivity (Wildman–Crippen MR) is 122 cm³/mol. The van der Waals surface area contributed by atoms with Crippen LogP contribution in [0.5, 0.6) is 11.5 Å². The Morgan fingerprint density at radius 2 is 1.96 bits per heavy atom. The third-order valence-electron chi connectivity index (χ3n) is 3.77. The number of nitrogens with zero attached hydrogens (tertiary/aromatic N) is 2. The molecule has 0 atom stereocenters. The van der Waals surface area contributed by atoms with E-state index in [0.29, 0.717) is 28.8 Å². The molecule has 0 radical (unpaired) electrons.